The second-order valence-corrected chi connectivity index (χ2v) is 5.57. The fraction of sp³-hybridized carbons (Fsp3) is 0.667. The van der Waals surface area contributed by atoms with E-state index in [1.807, 2.05) is 6.07 Å². The van der Waals surface area contributed by atoms with Crippen LogP contribution in [0.15, 0.2) is 12.1 Å². The van der Waals surface area contributed by atoms with Gasteiger partial charge in [0.05, 0.1) is 4.34 Å². The van der Waals surface area contributed by atoms with E-state index >= 15 is 0 Å². The molecular weight excluding hydrogens is 226 g/mol. The smallest absolute Gasteiger partial charge is 0.0931 e. The molecule has 0 aliphatic rings. The molecule has 0 unspecified atom stereocenters. The molecule has 0 aliphatic carbocycles. The van der Waals surface area contributed by atoms with Gasteiger partial charge in [-0.3, -0.25) is 0 Å². The molecular formula is C12H20ClNS. The molecule has 86 valence electrons. The minimum Gasteiger partial charge on any atom is -0.316 e. The van der Waals surface area contributed by atoms with Crippen molar-refractivity contribution in [3.05, 3.63) is 21.3 Å². The van der Waals surface area contributed by atoms with Crippen LogP contribution < -0.4 is 5.32 Å². The van der Waals surface area contributed by atoms with Crippen molar-refractivity contribution in [2.45, 2.75) is 39.0 Å². The van der Waals surface area contributed by atoms with Gasteiger partial charge in [0.2, 0.25) is 0 Å². The van der Waals surface area contributed by atoms with Gasteiger partial charge >= 0.3 is 0 Å². The van der Waals surface area contributed by atoms with Crippen molar-refractivity contribution in [2.24, 2.45) is 0 Å². The molecule has 1 nitrogen and oxygen atoms in total. The summed E-state index contributed by atoms with van der Waals surface area (Å²) in [6, 6.07) is 4.09. The van der Waals surface area contributed by atoms with Crippen LogP contribution in [-0.4, -0.2) is 13.1 Å². The van der Waals surface area contributed by atoms with Gasteiger partial charge in [0.25, 0.3) is 0 Å². The van der Waals surface area contributed by atoms with Crippen molar-refractivity contribution < 1.29 is 0 Å². The van der Waals surface area contributed by atoms with Crippen LogP contribution in [0.2, 0.25) is 4.34 Å². The van der Waals surface area contributed by atoms with E-state index < -0.39 is 0 Å². The zero-order valence-electron chi connectivity index (χ0n) is 9.39. The zero-order chi connectivity index (χ0) is 10.9. The third-order valence-corrected chi connectivity index (χ3v) is 3.68. The Bertz CT molecular complexity index is 260. The van der Waals surface area contributed by atoms with Crippen molar-refractivity contribution >= 4 is 22.9 Å². The standard InChI is InChI=1S/C12H20ClNS/c1-2-3-4-5-9-14-10-8-11-6-7-12(13)15-11/h6-7,14H,2-5,8-10H2,1H3. The van der Waals surface area contributed by atoms with E-state index in [1.54, 1.807) is 11.3 Å². The molecule has 0 saturated heterocycles. The Labute approximate surface area is 102 Å². The molecule has 1 heterocycles. The van der Waals surface area contributed by atoms with E-state index in [0.29, 0.717) is 0 Å². The topological polar surface area (TPSA) is 12.0 Å². The number of halogens is 1. The van der Waals surface area contributed by atoms with Gasteiger partial charge < -0.3 is 5.32 Å². The zero-order valence-corrected chi connectivity index (χ0v) is 11.0. The highest BCUT2D eigenvalue weighted by molar-refractivity contribution is 7.16. The number of rotatable bonds is 8. The largest absolute Gasteiger partial charge is 0.316 e. The van der Waals surface area contributed by atoms with Crippen LogP contribution in [0.25, 0.3) is 0 Å². The van der Waals surface area contributed by atoms with E-state index in [0.717, 1.165) is 23.8 Å². The maximum Gasteiger partial charge on any atom is 0.0931 e. The molecule has 0 amide bonds. The first-order chi connectivity index (χ1) is 7.33. The summed E-state index contributed by atoms with van der Waals surface area (Å²) < 4.78 is 0.896. The highest BCUT2D eigenvalue weighted by Crippen LogP contribution is 2.21. The van der Waals surface area contributed by atoms with E-state index in [-0.39, 0.29) is 0 Å². The Morgan fingerprint density at radius 3 is 2.73 bits per heavy atom. The summed E-state index contributed by atoms with van der Waals surface area (Å²) >= 11 is 7.54. The third-order valence-electron chi connectivity index (χ3n) is 2.38. The van der Waals surface area contributed by atoms with Crippen LogP contribution in [0.1, 0.15) is 37.5 Å². The van der Waals surface area contributed by atoms with E-state index in [4.69, 9.17) is 11.6 Å². The lowest BCUT2D eigenvalue weighted by atomic mass is 10.2. The lowest BCUT2D eigenvalue weighted by Crippen LogP contribution is -2.18. The van der Waals surface area contributed by atoms with E-state index in [9.17, 15) is 0 Å². The minimum atomic E-state index is 0.896. The van der Waals surface area contributed by atoms with Crippen LogP contribution in [0.5, 0.6) is 0 Å². The van der Waals surface area contributed by atoms with Gasteiger partial charge in [0, 0.05) is 4.88 Å². The molecule has 0 radical (unpaired) electrons. The molecule has 1 aromatic heterocycles. The number of nitrogens with one attached hydrogen (secondary N) is 1. The van der Waals surface area contributed by atoms with Gasteiger partial charge in [0.15, 0.2) is 0 Å². The summed E-state index contributed by atoms with van der Waals surface area (Å²) in [6.07, 6.45) is 6.44. The summed E-state index contributed by atoms with van der Waals surface area (Å²) in [5, 5.41) is 3.47. The summed E-state index contributed by atoms with van der Waals surface area (Å²) in [4.78, 5) is 1.38. The SMILES string of the molecule is CCCCCCNCCc1ccc(Cl)s1. The normalized spacial score (nSPS) is 10.8. The second kappa shape index (κ2) is 8.14. The average Bonchev–Trinajstić information content (AvgIpc) is 2.63. The first kappa shape index (κ1) is 13.0. The molecule has 1 rings (SSSR count). The van der Waals surface area contributed by atoms with Gasteiger partial charge in [-0.25, -0.2) is 0 Å². The van der Waals surface area contributed by atoms with E-state index in [1.165, 1.54) is 30.6 Å². The number of thiophene rings is 1. The molecule has 1 aromatic rings. The molecule has 0 aromatic carbocycles. The van der Waals surface area contributed by atoms with Crippen LogP contribution >= 0.6 is 22.9 Å². The van der Waals surface area contributed by atoms with Gasteiger partial charge in [-0.1, -0.05) is 37.8 Å². The van der Waals surface area contributed by atoms with Crippen molar-refractivity contribution in [1.29, 1.82) is 0 Å². The monoisotopic (exact) mass is 245 g/mol. The Morgan fingerprint density at radius 2 is 2.07 bits per heavy atom. The van der Waals surface area contributed by atoms with Crippen molar-refractivity contribution in [3.63, 3.8) is 0 Å². The Hall–Kier alpha value is -0.0500. The molecule has 0 spiro atoms. The molecule has 0 saturated carbocycles. The summed E-state index contributed by atoms with van der Waals surface area (Å²) in [7, 11) is 0. The summed E-state index contributed by atoms with van der Waals surface area (Å²) in [5.74, 6) is 0. The maximum atomic E-state index is 5.86. The molecule has 1 N–H and O–H groups in total. The molecule has 0 fully saturated rings. The Kier molecular flexibility index (Phi) is 7.07. The summed E-state index contributed by atoms with van der Waals surface area (Å²) in [5.41, 5.74) is 0. The average molecular weight is 246 g/mol. The highest BCUT2D eigenvalue weighted by atomic mass is 35.5. The van der Waals surface area contributed by atoms with Crippen LogP contribution in [-0.2, 0) is 6.42 Å². The van der Waals surface area contributed by atoms with Gasteiger partial charge in [-0.15, -0.1) is 11.3 Å². The minimum absolute atomic E-state index is 0.896. The van der Waals surface area contributed by atoms with Crippen LogP contribution in [0.3, 0.4) is 0 Å². The quantitative estimate of drug-likeness (QED) is 0.680. The lowest BCUT2D eigenvalue weighted by Gasteiger charge is -2.02. The number of unbranched alkanes of at least 4 members (excludes halogenated alkanes) is 3. The maximum absolute atomic E-state index is 5.86. The Balaban J connectivity index is 1.93. The number of hydrogen-bond donors (Lipinski definition) is 1. The fourth-order valence-corrected chi connectivity index (χ4v) is 2.59. The van der Waals surface area contributed by atoms with Crippen LogP contribution in [0.4, 0.5) is 0 Å². The van der Waals surface area contributed by atoms with Gasteiger partial charge in [0.1, 0.15) is 0 Å². The summed E-state index contributed by atoms with van der Waals surface area (Å²) in [6.45, 7) is 4.47. The fourth-order valence-electron chi connectivity index (χ4n) is 1.50. The number of hydrogen-bond acceptors (Lipinski definition) is 2. The lowest BCUT2D eigenvalue weighted by molar-refractivity contribution is 0.600. The predicted molar refractivity (Wildman–Crippen MR) is 70.0 cm³/mol. The van der Waals surface area contributed by atoms with E-state index in [2.05, 4.69) is 18.3 Å². The highest BCUT2D eigenvalue weighted by Gasteiger charge is 1.96. The second-order valence-electron chi connectivity index (χ2n) is 3.77. The molecule has 0 bridgehead atoms. The van der Waals surface area contributed by atoms with Gasteiger partial charge in [-0.2, -0.15) is 0 Å². The van der Waals surface area contributed by atoms with Crippen LogP contribution in [0, 0.1) is 0 Å². The Morgan fingerprint density at radius 1 is 1.20 bits per heavy atom. The molecule has 0 atom stereocenters. The molecule has 3 heteroatoms. The molecule has 15 heavy (non-hydrogen) atoms. The first-order valence-electron chi connectivity index (χ1n) is 5.78. The first-order valence-corrected chi connectivity index (χ1v) is 6.97. The third kappa shape index (κ3) is 6.18. The predicted octanol–water partition coefficient (Wildman–Crippen LogP) is 4.11. The molecule has 0 aliphatic heterocycles. The van der Waals surface area contributed by atoms with Gasteiger partial charge in [-0.05, 0) is 38.1 Å². The van der Waals surface area contributed by atoms with Crippen molar-refractivity contribution in [3.8, 4) is 0 Å². The van der Waals surface area contributed by atoms with Crippen molar-refractivity contribution in [1.82, 2.24) is 5.32 Å². The van der Waals surface area contributed by atoms with Crippen molar-refractivity contribution in [2.75, 3.05) is 13.1 Å².